The quantitative estimate of drug-likeness (QED) is 0.700. The van der Waals surface area contributed by atoms with Crippen LogP contribution in [0.15, 0.2) is 42.5 Å². The van der Waals surface area contributed by atoms with E-state index in [0.29, 0.717) is 5.92 Å². The van der Waals surface area contributed by atoms with E-state index in [4.69, 9.17) is 0 Å². The van der Waals surface area contributed by atoms with Gasteiger partial charge in [-0.15, -0.1) is 0 Å². The average Bonchev–Trinajstić information content (AvgIpc) is 2.51. The topological polar surface area (TPSA) is 3.24 Å². The molecule has 0 bridgehead atoms. The third-order valence-corrected chi connectivity index (χ3v) is 4.44. The Bertz CT molecular complexity index is 532. The third-order valence-electron chi connectivity index (χ3n) is 3.92. The van der Waals surface area contributed by atoms with Crippen LogP contribution >= 0.6 is 12.6 Å². The Hall–Kier alpha value is -1.15. The molecule has 0 heterocycles. The first-order valence-electron chi connectivity index (χ1n) is 7.63. The molecular weight excluding hydrogens is 262 g/mol. The Balaban J connectivity index is 2.29. The van der Waals surface area contributed by atoms with Crippen LogP contribution in [0.1, 0.15) is 26.7 Å². The van der Waals surface area contributed by atoms with Gasteiger partial charge in [-0.05, 0) is 36.5 Å². The van der Waals surface area contributed by atoms with Gasteiger partial charge >= 0.3 is 0 Å². The van der Waals surface area contributed by atoms with Crippen molar-refractivity contribution in [1.29, 1.82) is 0 Å². The summed E-state index contributed by atoms with van der Waals surface area (Å²) in [5.74, 6) is 1.64. The molecule has 0 spiro atoms. The van der Waals surface area contributed by atoms with Crippen molar-refractivity contribution < 1.29 is 0 Å². The first-order chi connectivity index (χ1) is 9.80. The van der Waals surface area contributed by atoms with Crippen LogP contribution in [0, 0.1) is 5.92 Å². The molecule has 108 valence electrons. The van der Waals surface area contributed by atoms with Gasteiger partial charge in [0.05, 0.1) is 0 Å². The molecule has 2 aromatic rings. The van der Waals surface area contributed by atoms with Crippen LogP contribution in [-0.2, 0) is 0 Å². The van der Waals surface area contributed by atoms with Crippen molar-refractivity contribution >= 4 is 29.1 Å². The van der Waals surface area contributed by atoms with Gasteiger partial charge in [0, 0.05) is 24.2 Å². The predicted octanol–water partition coefficient (Wildman–Crippen LogP) is 5.01. The smallest absolute Gasteiger partial charge is 0.0445 e. The first-order valence-corrected chi connectivity index (χ1v) is 8.27. The average molecular weight is 287 g/mol. The summed E-state index contributed by atoms with van der Waals surface area (Å²) in [6, 6.07) is 15.2. The van der Waals surface area contributed by atoms with E-state index in [0.717, 1.165) is 18.8 Å². The van der Waals surface area contributed by atoms with Gasteiger partial charge in [-0.2, -0.15) is 12.6 Å². The first kappa shape index (κ1) is 15.2. The molecule has 0 fully saturated rings. The Morgan fingerprint density at radius 1 is 1.05 bits per heavy atom. The van der Waals surface area contributed by atoms with Crippen molar-refractivity contribution in [3.05, 3.63) is 42.5 Å². The van der Waals surface area contributed by atoms with Gasteiger partial charge in [-0.3, -0.25) is 0 Å². The summed E-state index contributed by atoms with van der Waals surface area (Å²) < 4.78 is 0. The zero-order chi connectivity index (χ0) is 14.4. The van der Waals surface area contributed by atoms with Gasteiger partial charge in [-0.1, -0.05) is 49.7 Å². The maximum absolute atomic E-state index is 4.52. The van der Waals surface area contributed by atoms with E-state index in [-0.39, 0.29) is 0 Å². The van der Waals surface area contributed by atoms with Crippen molar-refractivity contribution in [3.63, 3.8) is 0 Å². The minimum absolute atomic E-state index is 0.669. The van der Waals surface area contributed by atoms with Gasteiger partial charge in [0.25, 0.3) is 0 Å². The van der Waals surface area contributed by atoms with Crippen molar-refractivity contribution in [2.45, 2.75) is 26.7 Å². The maximum Gasteiger partial charge on any atom is 0.0445 e. The highest BCUT2D eigenvalue weighted by Crippen LogP contribution is 2.27. The second-order valence-electron chi connectivity index (χ2n) is 5.37. The Kier molecular flexibility index (Phi) is 5.78. The minimum Gasteiger partial charge on any atom is -0.371 e. The van der Waals surface area contributed by atoms with Crippen molar-refractivity contribution in [3.8, 4) is 0 Å². The van der Waals surface area contributed by atoms with Crippen LogP contribution in [0.5, 0.6) is 0 Å². The van der Waals surface area contributed by atoms with Crippen LogP contribution in [-0.4, -0.2) is 18.8 Å². The highest BCUT2D eigenvalue weighted by Gasteiger charge is 2.13. The fourth-order valence-corrected chi connectivity index (χ4v) is 3.14. The summed E-state index contributed by atoms with van der Waals surface area (Å²) in [7, 11) is 0. The van der Waals surface area contributed by atoms with Gasteiger partial charge in [0.1, 0.15) is 0 Å². The number of thiol groups is 1. The van der Waals surface area contributed by atoms with E-state index in [1.807, 2.05) is 0 Å². The van der Waals surface area contributed by atoms with Gasteiger partial charge in [0.15, 0.2) is 0 Å². The fraction of sp³-hybridized carbons (Fsp3) is 0.444. The van der Waals surface area contributed by atoms with Crippen LogP contribution < -0.4 is 4.90 Å². The molecule has 0 saturated carbocycles. The molecule has 2 aromatic carbocycles. The van der Waals surface area contributed by atoms with Gasteiger partial charge in [-0.25, -0.2) is 0 Å². The third kappa shape index (κ3) is 3.49. The zero-order valence-corrected chi connectivity index (χ0v) is 13.4. The molecule has 1 atom stereocenters. The Labute approximate surface area is 128 Å². The summed E-state index contributed by atoms with van der Waals surface area (Å²) in [6.07, 6.45) is 2.49. The summed E-state index contributed by atoms with van der Waals surface area (Å²) in [4.78, 5) is 2.50. The Morgan fingerprint density at radius 2 is 1.80 bits per heavy atom. The molecule has 0 aliphatic heterocycles. The molecule has 0 saturated heterocycles. The summed E-state index contributed by atoms with van der Waals surface area (Å²) >= 11 is 4.52. The molecule has 1 nitrogen and oxygen atoms in total. The molecule has 0 amide bonds. The molecule has 2 heteroatoms. The molecule has 0 aromatic heterocycles. The zero-order valence-electron chi connectivity index (χ0n) is 12.5. The number of hydrogen-bond acceptors (Lipinski definition) is 2. The molecule has 20 heavy (non-hydrogen) atoms. The van der Waals surface area contributed by atoms with Crippen LogP contribution in [0.25, 0.3) is 10.8 Å². The summed E-state index contributed by atoms with van der Waals surface area (Å²) in [5, 5.41) is 2.67. The molecule has 0 radical (unpaired) electrons. The second-order valence-corrected chi connectivity index (χ2v) is 5.74. The van der Waals surface area contributed by atoms with E-state index < -0.39 is 0 Å². The van der Waals surface area contributed by atoms with E-state index in [9.17, 15) is 0 Å². The highest BCUT2D eigenvalue weighted by molar-refractivity contribution is 7.80. The van der Waals surface area contributed by atoms with E-state index in [2.05, 4.69) is 73.8 Å². The van der Waals surface area contributed by atoms with Crippen LogP contribution in [0.3, 0.4) is 0 Å². The van der Waals surface area contributed by atoms with E-state index in [1.165, 1.54) is 29.3 Å². The van der Waals surface area contributed by atoms with E-state index >= 15 is 0 Å². The lowest BCUT2D eigenvalue weighted by molar-refractivity contribution is 0.525. The monoisotopic (exact) mass is 287 g/mol. The molecule has 1 unspecified atom stereocenters. The summed E-state index contributed by atoms with van der Waals surface area (Å²) in [5.41, 5.74) is 1.36. The summed E-state index contributed by atoms with van der Waals surface area (Å²) in [6.45, 7) is 6.64. The van der Waals surface area contributed by atoms with Crippen LogP contribution in [0.4, 0.5) is 5.69 Å². The lowest BCUT2D eigenvalue weighted by Gasteiger charge is -2.28. The second kappa shape index (κ2) is 7.58. The number of rotatable bonds is 7. The number of benzene rings is 2. The predicted molar refractivity (Wildman–Crippen MR) is 94.1 cm³/mol. The van der Waals surface area contributed by atoms with Crippen molar-refractivity contribution in [2.24, 2.45) is 5.92 Å². The molecule has 0 aliphatic carbocycles. The standard InChI is InChI=1S/C18H25NS/c1-3-8-15(14-20)13-19(4-2)18-12-7-10-16-9-5-6-11-17(16)18/h5-7,9-12,15,20H,3-4,8,13-14H2,1-2H3. The largest absolute Gasteiger partial charge is 0.371 e. The van der Waals surface area contributed by atoms with Crippen LogP contribution in [0.2, 0.25) is 0 Å². The van der Waals surface area contributed by atoms with Crippen molar-refractivity contribution in [2.75, 3.05) is 23.7 Å². The molecule has 2 rings (SSSR count). The molecular formula is C18H25NS. The lowest BCUT2D eigenvalue weighted by atomic mass is 10.0. The van der Waals surface area contributed by atoms with E-state index in [1.54, 1.807) is 0 Å². The number of hydrogen-bond donors (Lipinski definition) is 1. The fourth-order valence-electron chi connectivity index (χ4n) is 2.84. The normalized spacial score (nSPS) is 12.6. The number of fused-ring (bicyclic) bond motifs is 1. The minimum atomic E-state index is 0.669. The lowest BCUT2D eigenvalue weighted by Crippen LogP contribution is -2.30. The number of anilines is 1. The highest BCUT2D eigenvalue weighted by atomic mass is 32.1. The Morgan fingerprint density at radius 3 is 2.50 bits per heavy atom. The maximum atomic E-state index is 4.52. The van der Waals surface area contributed by atoms with Gasteiger partial charge < -0.3 is 4.90 Å². The van der Waals surface area contributed by atoms with Gasteiger partial charge in [0.2, 0.25) is 0 Å². The van der Waals surface area contributed by atoms with Crippen molar-refractivity contribution in [1.82, 2.24) is 0 Å². The molecule has 0 aliphatic rings. The molecule has 0 N–H and O–H groups in total. The SMILES string of the molecule is CCCC(CS)CN(CC)c1cccc2ccccc12. The number of nitrogens with zero attached hydrogens (tertiary/aromatic N) is 1.